The summed E-state index contributed by atoms with van der Waals surface area (Å²) in [4.78, 5) is 14.4. The molecule has 0 saturated heterocycles. The van der Waals surface area contributed by atoms with Crippen LogP contribution in [0.4, 0.5) is 5.69 Å². The van der Waals surface area contributed by atoms with E-state index < -0.39 is 4.92 Å². The average Bonchev–Trinajstić information content (AvgIpc) is 2.81. The van der Waals surface area contributed by atoms with Gasteiger partial charge in [-0.1, -0.05) is 29.8 Å². The van der Waals surface area contributed by atoms with Gasteiger partial charge in [0.2, 0.25) is 0 Å². The second kappa shape index (κ2) is 4.33. The van der Waals surface area contributed by atoms with Crippen LogP contribution >= 0.6 is 11.6 Å². The molecular weight excluding hydrogens is 268 g/mol. The summed E-state index contributed by atoms with van der Waals surface area (Å²) in [6.07, 6.45) is 1.67. The first kappa shape index (κ1) is 11.6. The molecule has 0 fully saturated rings. The predicted molar refractivity (Wildman–Crippen MR) is 70.5 cm³/mol. The summed E-state index contributed by atoms with van der Waals surface area (Å²) in [7, 11) is 0. The fraction of sp³-hybridized carbons (Fsp3) is 0. The van der Waals surface area contributed by atoms with Crippen LogP contribution in [-0.4, -0.2) is 19.7 Å². The zero-order valence-electron chi connectivity index (χ0n) is 9.52. The zero-order valence-corrected chi connectivity index (χ0v) is 10.3. The van der Waals surface area contributed by atoms with Gasteiger partial charge in [0.05, 0.1) is 28.8 Å². The van der Waals surface area contributed by atoms with Crippen molar-refractivity contribution in [3.8, 4) is 5.82 Å². The Morgan fingerprint density at radius 2 is 2.05 bits per heavy atom. The van der Waals surface area contributed by atoms with Crippen LogP contribution in [0.3, 0.4) is 0 Å². The lowest BCUT2D eigenvalue weighted by atomic mass is 10.2. The van der Waals surface area contributed by atoms with Gasteiger partial charge >= 0.3 is 0 Å². The largest absolute Gasteiger partial charge is 0.276 e. The van der Waals surface area contributed by atoms with Gasteiger partial charge in [0.15, 0.2) is 5.82 Å². The van der Waals surface area contributed by atoms with Crippen LogP contribution in [0.1, 0.15) is 0 Å². The maximum Gasteiger partial charge on any atom is 0.276 e. The minimum absolute atomic E-state index is 0.0591. The van der Waals surface area contributed by atoms with Crippen molar-refractivity contribution in [1.29, 1.82) is 0 Å². The number of halogens is 1. The molecule has 0 N–H and O–H groups in total. The van der Waals surface area contributed by atoms with Crippen LogP contribution in [0.2, 0.25) is 5.15 Å². The van der Waals surface area contributed by atoms with Crippen LogP contribution in [-0.2, 0) is 0 Å². The second-order valence-corrected chi connectivity index (χ2v) is 4.27. The van der Waals surface area contributed by atoms with Crippen molar-refractivity contribution < 1.29 is 4.92 Å². The second-order valence-electron chi connectivity index (χ2n) is 3.88. The number of para-hydroxylation sites is 1. The number of benzene rings is 1. The van der Waals surface area contributed by atoms with Crippen LogP contribution in [0, 0.1) is 10.1 Å². The van der Waals surface area contributed by atoms with E-state index in [2.05, 4.69) is 10.1 Å². The zero-order chi connectivity index (χ0) is 13.4. The summed E-state index contributed by atoms with van der Waals surface area (Å²) in [6, 6.07) is 10.1. The minimum atomic E-state index is -0.511. The van der Waals surface area contributed by atoms with Gasteiger partial charge in [-0.2, -0.15) is 5.10 Å². The number of pyridine rings is 1. The van der Waals surface area contributed by atoms with Gasteiger partial charge < -0.3 is 0 Å². The van der Waals surface area contributed by atoms with Gasteiger partial charge in [0.1, 0.15) is 5.15 Å². The summed E-state index contributed by atoms with van der Waals surface area (Å²) >= 11 is 5.81. The quantitative estimate of drug-likeness (QED) is 0.409. The Labute approximate surface area is 112 Å². The molecule has 19 heavy (non-hydrogen) atoms. The highest BCUT2D eigenvalue weighted by atomic mass is 35.5. The SMILES string of the molecule is O=[N+]([O-])c1cc(Cl)nc(-n2ncc3ccccc32)c1. The normalized spacial score (nSPS) is 10.8. The molecule has 1 aromatic carbocycles. The van der Waals surface area contributed by atoms with Gasteiger partial charge in [0, 0.05) is 5.39 Å². The van der Waals surface area contributed by atoms with Crippen LogP contribution in [0.25, 0.3) is 16.7 Å². The molecule has 0 radical (unpaired) electrons. The van der Waals surface area contributed by atoms with E-state index in [0.29, 0.717) is 5.82 Å². The van der Waals surface area contributed by atoms with E-state index in [-0.39, 0.29) is 10.8 Å². The van der Waals surface area contributed by atoms with Crippen LogP contribution < -0.4 is 0 Å². The predicted octanol–water partition coefficient (Wildman–Crippen LogP) is 2.98. The standard InChI is InChI=1S/C12H7ClN4O2/c13-11-5-9(17(18)19)6-12(15-11)16-10-4-2-1-3-8(10)7-14-16/h1-7H. The van der Waals surface area contributed by atoms with Gasteiger partial charge in [-0.25, -0.2) is 9.67 Å². The smallest absolute Gasteiger partial charge is 0.258 e. The molecule has 2 heterocycles. The lowest BCUT2D eigenvalue weighted by molar-refractivity contribution is -0.384. The van der Waals surface area contributed by atoms with Crippen LogP contribution in [0.5, 0.6) is 0 Å². The summed E-state index contributed by atoms with van der Waals surface area (Å²) in [5.74, 6) is 0.320. The molecule has 0 bridgehead atoms. The van der Waals surface area contributed by atoms with Crippen molar-refractivity contribution in [3.63, 3.8) is 0 Å². The number of hydrogen-bond acceptors (Lipinski definition) is 4. The van der Waals surface area contributed by atoms with Gasteiger partial charge in [-0.15, -0.1) is 0 Å². The van der Waals surface area contributed by atoms with Gasteiger partial charge in [0.25, 0.3) is 5.69 Å². The third-order valence-corrected chi connectivity index (χ3v) is 2.86. The fourth-order valence-electron chi connectivity index (χ4n) is 1.84. The highest BCUT2D eigenvalue weighted by molar-refractivity contribution is 6.29. The third-order valence-electron chi connectivity index (χ3n) is 2.67. The van der Waals surface area contributed by atoms with Gasteiger partial charge in [-0.3, -0.25) is 10.1 Å². The van der Waals surface area contributed by atoms with Crippen molar-refractivity contribution in [3.05, 3.63) is 57.9 Å². The molecule has 7 heteroatoms. The number of fused-ring (bicyclic) bond motifs is 1. The number of nitrogens with zero attached hydrogens (tertiary/aromatic N) is 4. The fourth-order valence-corrected chi connectivity index (χ4v) is 2.04. The average molecular weight is 275 g/mol. The van der Waals surface area contributed by atoms with Crippen molar-refractivity contribution >= 4 is 28.2 Å². The summed E-state index contributed by atoms with van der Waals surface area (Å²) in [6.45, 7) is 0. The van der Waals surface area contributed by atoms with E-state index in [1.165, 1.54) is 16.8 Å². The lowest BCUT2D eigenvalue weighted by Gasteiger charge is -2.03. The molecule has 0 aliphatic rings. The van der Waals surface area contributed by atoms with E-state index >= 15 is 0 Å². The molecule has 3 aromatic rings. The molecule has 0 unspecified atom stereocenters. The Balaban J connectivity index is 2.24. The summed E-state index contributed by atoms with van der Waals surface area (Å²) in [5, 5.41) is 16.0. The number of rotatable bonds is 2. The highest BCUT2D eigenvalue weighted by Gasteiger charge is 2.13. The molecule has 0 spiro atoms. The Morgan fingerprint density at radius 3 is 2.84 bits per heavy atom. The Kier molecular flexibility index (Phi) is 2.64. The number of hydrogen-bond donors (Lipinski definition) is 0. The van der Waals surface area contributed by atoms with Crippen molar-refractivity contribution in [2.24, 2.45) is 0 Å². The molecule has 0 aliphatic heterocycles. The van der Waals surface area contributed by atoms with Crippen molar-refractivity contribution in [2.45, 2.75) is 0 Å². The minimum Gasteiger partial charge on any atom is -0.258 e. The van der Waals surface area contributed by atoms with E-state index in [1.54, 1.807) is 6.20 Å². The number of nitro groups is 1. The van der Waals surface area contributed by atoms with E-state index in [1.807, 2.05) is 24.3 Å². The van der Waals surface area contributed by atoms with Gasteiger partial charge in [-0.05, 0) is 6.07 Å². The molecule has 0 amide bonds. The lowest BCUT2D eigenvalue weighted by Crippen LogP contribution is -2.01. The van der Waals surface area contributed by atoms with Crippen molar-refractivity contribution in [2.75, 3.05) is 0 Å². The van der Waals surface area contributed by atoms with E-state index in [0.717, 1.165) is 10.9 Å². The molecule has 6 nitrogen and oxygen atoms in total. The number of aromatic nitrogens is 3. The molecule has 94 valence electrons. The Bertz CT molecular complexity index is 784. The monoisotopic (exact) mass is 274 g/mol. The maximum absolute atomic E-state index is 10.8. The first-order valence-corrected chi connectivity index (χ1v) is 5.78. The van der Waals surface area contributed by atoms with Crippen molar-refractivity contribution in [1.82, 2.24) is 14.8 Å². The summed E-state index contributed by atoms with van der Waals surface area (Å²) in [5.41, 5.74) is 0.696. The molecule has 3 rings (SSSR count). The topological polar surface area (TPSA) is 73.8 Å². The first-order valence-electron chi connectivity index (χ1n) is 5.40. The molecular formula is C12H7ClN4O2. The highest BCUT2D eigenvalue weighted by Crippen LogP contribution is 2.22. The maximum atomic E-state index is 10.8. The van der Waals surface area contributed by atoms with E-state index in [9.17, 15) is 10.1 Å². The van der Waals surface area contributed by atoms with Crippen LogP contribution in [0.15, 0.2) is 42.6 Å². The summed E-state index contributed by atoms with van der Waals surface area (Å²) < 4.78 is 1.52. The van der Waals surface area contributed by atoms with E-state index in [4.69, 9.17) is 11.6 Å². The third kappa shape index (κ3) is 2.02. The molecule has 0 atom stereocenters. The Morgan fingerprint density at radius 1 is 1.26 bits per heavy atom. The Hall–Kier alpha value is -2.47. The first-order chi connectivity index (χ1) is 9.15. The molecule has 2 aromatic heterocycles. The molecule has 0 aliphatic carbocycles. The molecule has 0 saturated carbocycles.